The monoisotopic (exact) mass is 233 g/mol. The fourth-order valence-corrected chi connectivity index (χ4v) is 2.60. The lowest BCUT2D eigenvalue weighted by molar-refractivity contribution is -0.137. The number of hydrogen-bond acceptors (Lipinski definition) is 2. The molecule has 1 aliphatic heterocycles. The van der Waals surface area contributed by atoms with Gasteiger partial charge in [-0.25, -0.2) is 0 Å². The third kappa shape index (κ3) is 3.30. The van der Waals surface area contributed by atoms with Crippen LogP contribution in [0.3, 0.4) is 0 Å². The number of nitrogens with one attached hydrogen (secondary N) is 1. The summed E-state index contributed by atoms with van der Waals surface area (Å²) in [7, 11) is 0. The van der Waals surface area contributed by atoms with Crippen molar-refractivity contribution in [2.24, 2.45) is 0 Å². The van der Waals surface area contributed by atoms with E-state index in [-0.39, 0.29) is 12.3 Å². The van der Waals surface area contributed by atoms with E-state index < -0.39 is 5.97 Å². The van der Waals surface area contributed by atoms with Crippen LogP contribution in [-0.4, -0.2) is 23.7 Å². The summed E-state index contributed by atoms with van der Waals surface area (Å²) in [6.45, 7) is 1.01. The second-order valence-electron chi connectivity index (χ2n) is 4.67. The van der Waals surface area contributed by atoms with Gasteiger partial charge in [0.1, 0.15) is 0 Å². The van der Waals surface area contributed by atoms with Crippen molar-refractivity contribution < 1.29 is 9.90 Å². The average molecular weight is 233 g/mol. The van der Waals surface area contributed by atoms with Gasteiger partial charge >= 0.3 is 5.97 Å². The second-order valence-corrected chi connectivity index (χ2v) is 4.67. The van der Waals surface area contributed by atoms with Crippen molar-refractivity contribution >= 4 is 5.97 Å². The highest BCUT2D eigenvalue weighted by molar-refractivity contribution is 5.68. The van der Waals surface area contributed by atoms with Gasteiger partial charge < -0.3 is 10.4 Å². The molecule has 92 valence electrons. The molecular formula is C14H19NO2. The van der Waals surface area contributed by atoms with Crippen molar-refractivity contribution in [1.82, 2.24) is 5.32 Å². The highest BCUT2D eigenvalue weighted by Gasteiger charge is 2.26. The number of carboxylic acid groups (broad SMARTS) is 1. The number of benzene rings is 1. The van der Waals surface area contributed by atoms with Crippen molar-refractivity contribution in [3.63, 3.8) is 0 Å². The predicted molar refractivity (Wildman–Crippen MR) is 67.1 cm³/mol. The van der Waals surface area contributed by atoms with Crippen molar-refractivity contribution in [2.45, 2.75) is 37.6 Å². The molecule has 2 atom stereocenters. The molecule has 1 fully saturated rings. The van der Waals surface area contributed by atoms with Crippen LogP contribution in [0.2, 0.25) is 0 Å². The van der Waals surface area contributed by atoms with Crippen molar-refractivity contribution in [1.29, 1.82) is 0 Å². The third-order valence-corrected chi connectivity index (χ3v) is 3.46. The van der Waals surface area contributed by atoms with Gasteiger partial charge in [-0.1, -0.05) is 36.8 Å². The Balaban J connectivity index is 2.15. The molecule has 0 radical (unpaired) electrons. The maximum absolute atomic E-state index is 11.0. The SMILES string of the molecule is O=C(O)CC(c1ccccc1)C1CCCCN1. The largest absolute Gasteiger partial charge is 0.481 e. The maximum atomic E-state index is 11.0. The van der Waals surface area contributed by atoms with Crippen LogP contribution in [0.4, 0.5) is 0 Å². The Bertz CT molecular complexity index is 358. The number of carboxylic acids is 1. The predicted octanol–water partition coefficient (Wildman–Crippen LogP) is 2.39. The van der Waals surface area contributed by atoms with Crippen LogP contribution in [0.1, 0.15) is 37.2 Å². The summed E-state index contributed by atoms with van der Waals surface area (Å²) >= 11 is 0. The molecule has 0 aromatic heterocycles. The van der Waals surface area contributed by atoms with Gasteiger partial charge in [0.25, 0.3) is 0 Å². The lowest BCUT2D eigenvalue weighted by Gasteiger charge is -2.31. The lowest BCUT2D eigenvalue weighted by Crippen LogP contribution is -2.39. The Hall–Kier alpha value is -1.35. The Morgan fingerprint density at radius 1 is 1.35 bits per heavy atom. The lowest BCUT2D eigenvalue weighted by atomic mass is 9.84. The standard InChI is InChI=1S/C14H19NO2/c16-14(17)10-12(11-6-2-1-3-7-11)13-8-4-5-9-15-13/h1-3,6-7,12-13,15H,4-5,8-10H2,(H,16,17). The normalized spacial score (nSPS) is 22.0. The molecule has 2 rings (SSSR count). The van der Waals surface area contributed by atoms with Crippen LogP contribution in [0.5, 0.6) is 0 Å². The fourth-order valence-electron chi connectivity index (χ4n) is 2.60. The molecule has 1 aromatic carbocycles. The van der Waals surface area contributed by atoms with Crippen LogP contribution in [-0.2, 0) is 4.79 Å². The smallest absolute Gasteiger partial charge is 0.304 e. The van der Waals surface area contributed by atoms with Gasteiger partial charge in [-0.15, -0.1) is 0 Å². The molecule has 17 heavy (non-hydrogen) atoms. The number of carbonyl (C=O) groups is 1. The third-order valence-electron chi connectivity index (χ3n) is 3.46. The zero-order valence-corrected chi connectivity index (χ0v) is 9.93. The van der Waals surface area contributed by atoms with Crippen LogP contribution in [0, 0.1) is 0 Å². The Labute approximate surface area is 102 Å². The quantitative estimate of drug-likeness (QED) is 0.839. The molecule has 0 spiro atoms. The van der Waals surface area contributed by atoms with E-state index in [4.69, 9.17) is 5.11 Å². The van der Waals surface area contributed by atoms with Gasteiger partial charge in [0.15, 0.2) is 0 Å². The fraction of sp³-hybridized carbons (Fsp3) is 0.500. The molecule has 2 N–H and O–H groups in total. The molecule has 1 aromatic rings. The summed E-state index contributed by atoms with van der Waals surface area (Å²) in [4.78, 5) is 11.0. The molecule has 1 aliphatic rings. The van der Waals surface area contributed by atoms with Crippen LogP contribution >= 0.6 is 0 Å². The maximum Gasteiger partial charge on any atom is 0.304 e. The van der Waals surface area contributed by atoms with Gasteiger partial charge in [0, 0.05) is 12.0 Å². The zero-order valence-electron chi connectivity index (χ0n) is 9.93. The van der Waals surface area contributed by atoms with Crippen LogP contribution < -0.4 is 5.32 Å². The van der Waals surface area contributed by atoms with Crippen molar-refractivity contribution in [2.75, 3.05) is 6.54 Å². The first-order valence-electron chi connectivity index (χ1n) is 6.27. The molecule has 2 unspecified atom stereocenters. The summed E-state index contributed by atoms with van der Waals surface area (Å²) in [6.07, 6.45) is 3.68. The van der Waals surface area contributed by atoms with E-state index in [1.807, 2.05) is 30.3 Å². The number of rotatable bonds is 4. The summed E-state index contributed by atoms with van der Waals surface area (Å²) in [5, 5.41) is 12.5. The van der Waals surface area contributed by atoms with E-state index in [9.17, 15) is 4.79 Å². The highest BCUT2D eigenvalue weighted by atomic mass is 16.4. The molecule has 0 bridgehead atoms. The molecule has 1 heterocycles. The molecule has 3 heteroatoms. The van der Waals surface area contributed by atoms with Gasteiger partial charge in [0.05, 0.1) is 6.42 Å². The molecule has 3 nitrogen and oxygen atoms in total. The Morgan fingerprint density at radius 3 is 2.71 bits per heavy atom. The van der Waals surface area contributed by atoms with E-state index in [1.165, 1.54) is 12.8 Å². The Morgan fingerprint density at radius 2 is 2.12 bits per heavy atom. The molecule has 0 aliphatic carbocycles. The summed E-state index contributed by atoms with van der Waals surface area (Å²) in [5.41, 5.74) is 1.13. The highest BCUT2D eigenvalue weighted by Crippen LogP contribution is 2.28. The Kier molecular flexibility index (Phi) is 4.15. The first-order chi connectivity index (χ1) is 8.27. The zero-order chi connectivity index (χ0) is 12.1. The number of aliphatic carboxylic acids is 1. The van der Waals surface area contributed by atoms with Gasteiger partial charge in [-0.2, -0.15) is 0 Å². The second kappa shape index (κ2) is 5.82. The van der Waals surface area contributed by atoms with Gasteiger partial charge in [0.2, 0.25) is 0 Å². The minimum atomic E-state index is -0.716. The minimum absolute atomic E-state index is 0.0917. The minimum Gasteiger partial charge on any atom is -0.481 e. The van der Waals surface area contributed by atoms with E-state index >= 15 is 0 Å². The molecular weight excluding hydrogens is 214 g/mol. The van der Waals surface area contributed by atoms with Crippen LogP contribution in [0.25, 0.3) is 0 Å². The van der Waals surface area contributed by atoms with E-state index in [1.54, 1.807) is 0 Å². The topological polar surface area (TPSA) is 49.3 Å². The molecule has 1 saturated heterocycles. The van der Waals surface area contributed by atoms with E-state index in [0.29, 0.717) is 6.04 Å². The molecule has 0 saturated carbocycles. The summed E-state index contributed by atoms with van der Waals surface area (Å²) in [5.74, 6) is -0.625. The summed E-state index contributed by atoms with van der Waals surface area (Å²) in [6, 6.07) is 10.3. The van der Waals surface area contributed by atoms with Crippen molar-refractivity contribution in [3.05, 3.63) is 35.9 Å². The summed E-state index contributed by atoms with van der Waals surface area (Å²) < 4.78 is 0. The van der Waals surface area contributed by atoms with Gasteiger partial charge in [-0.05, 0) is 24.9 Å². The first-order valence-corrected chi connectivity index (χ1v) is 6.27. The number of piperidine rings is 1. The van der Waals surface area contributed by atoms with Crippen molar-refractivity contribution in [3.8, 4) is 0 Å². The van der Waals surface area contributed by atoms with E-state index in [2.05, 4.69) is 5.32 Å². The average Bonchev–Trinajstić information content (AvgIpc) is 2.38. The van der Waals surface area contributed by atoms with Crippen LogP contribution in [0.15, 0.2) is 30.3 Å². The van der Waals surface area contributed by atoms with E-state index in [0.717, 1.165) is 18.5 Å². The van der Waals surface area contributed by atoms with Gasteiger partial charge in [-0.3, -0.25) is 4.79 Å². The molecule has 0 amide bonds. The number of hydrogen-bond donors (Lipinski definition) is 2. The first kappa shape index (κ1) is 12.1.